The maximum Gasteiger partial charge on any atom is 0.325 e. The number of para-hydroxylation sites is 2. The maximum atomic E-state index is 13.1. The number of hydrogen-bond donors (Lipinski definition) is 2. The van der Waals surface area contributed by atoms with Crippen LogP contribution in [0.25, 0.3) is 11.0 Å². The zero-order valence-electron chi connectivity index (χ0n) is 16.9. The number of carbonyl (C=O) groups excluding carboxylic acids is 3. The number of benzene rings is 2. The topological polar surface area (TPSA) is 101 Å². The van der Waals surface area contributed by atoms with E-state index in [-0.39, 0.29) is 12.6 Å². The van der Waals surface area contributed by atoms with Crippen LogP contribution in [0.1, 0.15) is 30.7 Å². The Morgan fingerprint density at radius 2 is 1.97 bits per heavy atom. The van der Waals surface area contributed by atoms with Crippen LogP contribution in [0.3, 0.4) is 0 Å². The number of nitrogens with one attached hydrogen (secondary N) is 2. The molecular formula is C23H21N3O5. The van der Waals surface area contributed by atoms with Crippen LogP contribution < -0.4 is 15.4 Å². The Morgan fingerprint density at radius 1 is 1.19 bits per heavy atom. The van der Waals surface area contributed by atoms with Crippen LogP contribution in [0.2, 0.25) is 0 Å². The molecule has 8 nitrogen and oxygen atoms in total. The summed E-state index contributed by atoms with van der Waals surface area (Å²) in [6, 6.07) is 15.7. The van der Waals surface area contributed by atoms with Gasteiger partial charge >= 0.3 is 6.03 Å². The summed E-state index contributed by atoms with van der Waals surface area (Å²) in [4.78, 5) is 39.3. The summed E-state index contributed by atoms with van der Waals surface area (Å²) in [6.07, 6.45) is 0.611. The molecule has 8 heteroatoms. The van der Waals surface area contributed by atoms with Crippen molar-refractivity contribution in [2.45, 2.75) is 24.9 Å². The predicted molar refractivity (Wildman–Crippen MR) is 111 cm³/mol. The van der Waals surface area contributed by atoms with Crippen LogP contribution in [0.15, 0.2) is 59.0 Å². The van der Waals surface area contributed by atoms with Gasteiger partial charge < -0.3 is 19.8 Å². The average molecular weight is 419 g/mol. The molecule has 0 saturated carbocycles. The smallest absolute Gasteiger partial charge is 0.325 e. The Hall–Kier alpha value is -3.81. The first-order valence-corrected chi connectivity index (χ1v) is 10.1. The van der Waals surface area contributed by atoms with Crippen LogP contribution in [-0.4, -0.2) is 35.9 Å². The van der Waals surface area contributed by atoms with Crippen molar-refractivity contribution in [2.24, 2.45) is 0 Å². The Labute approximate surface area is 178 Å². The SMILES string of the molecule is C[C@@]1(c2cc3ccccc3o2)NC(=O)N(CC(=O)N[C@H]2CCOc3ccccc32)C1=O. The molecule has 2 aliphatic rings. The highest BCUT2D eigenvalue weighted by Gasteiger charge is 2.51. The molecule has 2 aromatic carbocycles. The van der Waals surface area contributed by atoms with Crippen LogP contribution in [0.5, 0.6) is 5.75 Å². The van der Waals surface area contributed by atoms with Gasteiger partial charge in [0.05, 0.1) is 12.6 Å². The first kappa shape index (κ1) is 19.2. The van der Waals surface area contributed by atoms with Gasteiger partial charge in [-0.1, -0.05) is 36.4 Å². The first-order valence-electron chi connectivity index (χ1n) is 10.1. The van der Waals surface area contributed by atoms with E-state index in [0.29, 0.717) is 24.4 Å². The summed E-state index contributed by atoms with van der Waals surface area (Å²) >= 11 is 0. The normalized spacial score (nSPS) is 22.7. The molecule has 0 bridgehead atoms. The summed E-state index contributed by atoms with van der Waals surface area (Å²) < 4.78 is 11.4. The van der Waals surface area contributed by atoms with Gasteiger partial charge in [0.2, 0.25) is 5.91 Å². The monoisotopic (exact) mass is 419 g/mol. The van der Waals surface area contributed by atoms with Crippen molar-refractivity contribution < 1.29 is 23.5 Å². The van der Waals surface area contributed by atoms with Crippen molar-refractivity contribution in [3.8, 4) is 5.75 Å². The molecule has 0 radical (unpaired) electrons. The summed E-state index contributed by atoms with van der Waals surface area (Å²) in [5.74, 6) is 0.109. The highest BCUT2D eigenvalue weighted by molar-refractivity contribution is 6.09. The molecule has 3 heterocycles. The van der Waals surface area contributed by atoms with Crippen molar-refractivity contribution in [2.75, 3.05) is 13.2 Å². The molecule has 2 aliphatic heterocycles. The minimum Gasteiger partial charge on any atom is -0.493 e. The molecule has 158 valence electrons. The summed E-state index contributed by atoms with van der Waals surface area (Å²) in [5, 5.41) is 6.42. The van der Waals surface area contributed by atoms with Crippen molar-refractivity contribution in [1.82, 2.24) is 15.5 Å². The van der Waals surface area contributed by atoms with E-state index >= 15 is 0 Å². The van der Waals surface area contributed by atoms with E-state index in [1.807, 2.05) is 42.5 Å². The number of rotatable bonds is 4. The molecule has 0 unspecified atom stereocenters. The lowest BCUT2D eigenvalue weighted by molar-refractivity contribution is -0.135. The van der Waals surface area contributed by atoms with Gasteiger partial charge in [0, 0.05) is 17.4 Å². The molecule has 5 rings (SSSR count). The number of ether oxygens (including phenoxy) is 1. The van der Waals surface area contributed by atoms with E-state index in [0.717, 1.165) is 21.6 Å². The van der Waals surface area contributed by atoms with Crippen LogP contribution in [0, 0.1) is 0 Å². The number of nitrogens with zero attached hydrogens (tertiary/aromatic N) is 1. The quantitative estimate of drug-likeness (QED) is 0.634. The Kier molecular flexibility index (Phi) is 4.43. The molecule has 2 atom stereocenters. The van der Waals surface area contributed by atoms with Crippen molar-refractivity contribution in [1.29, 1.82) is 0 Å². The second kappa shape index (κ2) is 7.16. The van der Waals surface area contributed by atoms with Crippen LogP contribution in [-0.2, 0) is 15.1 Å². The standard InChI is InChI=1S/C23H21N3O5/c1-23(19-12-14-6-2-4-8-17(14)31-19)21(28)26(22(29)25-23)13-20(27)24-16-10-11-30-18-9-5-3-7-15(16)18/h2-9,12,16H,10-11,13H2,1H3,(H,24,27)(H,25,29)/t16-,23-/m0/s1. The van der Waals surface area contributed by atoms with Gasteiger partial charge in [-0.25, -0.2) is 4.79 Å². The van der Waals surface area contributed by atoms with E-state index < -0.39 is 23.4 Å². The van der Waals surface area contributed by atoms with Crippen molar-refractivity contribution in [3.05, 3.63) is 65.9 Å². The molecule has 1 aromatic heterocycles. The summed E-state index contributed by atoms with van der Waals surface area (Å²) in [5.41, 5.74) is 0.128. The third kappa shape index (κ3) is 3.20. The first-order chi connectivity index (χ1) is 15.0. The lowest BCUT2D eigenvalue weighted by Crippen LogP contribution is -2.44. The fraction of sp³-hybridized carbons (Fsp3) is 0.261. The van der Waals surface area contributed by atoms with E-state index in [2.05, 4.69) is 10.6 Å². The summed E-state index contributed by atoms with van der Waals surface area (Å²) in [6.45, 7) is 1.69. The number of furan rings is 1. The minimum absolute atomic E-state index is 0.236. The lowest BCUT2D eigenvalue weighted by atomic mass is 9.98. The van der Waals surface area contributed by atoms with Gasteiger partial charge in [-0.3, -0.25) is 14.5 Å². The third-order valence-electron chi connectivity index (χ3n) is 5.79. The molecule has 1 fully saturated rings. The van der Waals surface area contributed by atoms with Gasteiger partial charge in [-0.05, 0) is 25.1 Å². The van der Waals surface area contributed by atoms with Crippen LogP contribution >= 0.6 is 0 Å². The highest BCUT2D eigenvalue weighted by atomic mass is 16.5. The van der Waals surface area contributed by atoms with Gasteiger partial charge in [-0.2, -0.15) is 0 Å². The number of amides is 4. The molecular weight excluding hydrogens is 398 g/mol. The van der Waals surface area contributed by atoms with Crippen LogP contribution in [0.4, 0.5) is 4.79 Å². The third-order valence-corrected chi connectivity index (χ3v) is 5.79. The largest absolute Gasteiger partial charge is 0.493 e. The fourth-order valence-electron chi connectivity index (χ4n) is 4.11. The predicted octanol–water partition coefficient (Wildman–Crippen LogP) is 2.84. The van der Waals surface area contributed by atoms with Gasteiger partial charge in [0.15, 0.2) is 5.54 Å². The number of imide groups is 1. The van der Waals surface area contributed by atoms with Crippen molar-refractivity contribution in [3.63, 3.8) is 0 Å². The number of urea groups is 1. The molecule has 31 heavy (non-hydrogen) atoms. The van der Waals surface area contributed by atoms with Gasteiger partial charge in [0.1, 0.15) is 23.6 Å². The molecule has 0 aliphatic carbocycles. The second-order valence-electron chi connectivity index (χ2n) is 7.89. The molecule has 0 spiro atoms. The maximum absolute atomic E-state index is 13.1. The van der Waals surface area contributed by atoms with Crippen molar-refractivity contribution >= 4 is 28.8 Å². The highest BCUT2D eigenvalue weighted by Crippen LogP contribution is 2.34. The second-order valence-corrected chi connectivity index (χ2v) is 7.89. The number of carbonyl (C=O) groups is 3. The molecule has 4 amide bonds. The fourth-order valence-corrected chi connectivity index (χ4v) is 4.11. The Balaban J connectivity index is 1.33. The number of hydrogen-bond acceptors (Lipinski definition) is 5. The lowest BCUT2D eigenvalue weighted by Gasteiger charge is -2.27. The molecule has 2 N–H and O–H groups in total. The number of fused-ring (bicyclic) bond motifs is 2. The van der Waals surface area contributed by atoms with E-state index in [9.17, 15) is 14.4 Å². The Morgan fingerprint density at radius 3 is 2.81 bits per heavy atom. The van der Waals surface area contributed by atoms with E-state index in [4.69, 9.17) is 9.15 Å². The Bertz CT molecular complexity index is 1170. The van der Waals surface area contributed by atoms with Gasteiger partial charge in [-0.15, -0.1) is 0 Å². The molecule has 1 saturated heterocycles. The van der Waals surface area contributed by atoms with E-state index in [1.54, 1.807) is 19.1 Å². The summed E-state index contributed by atoms with van der Waals surface area (Å²) in [7, 11) is 0. The average Bonchev–Trinajstić information content (AvgIpc) is 3.30. The molecule has 3 aromatic rings. The van der Waals surface area contributed by atoms with Gasteiger partial charge in [0.25, 0.3) is 5.91 Å². The minimum atomic E-state index is -1.37. The van der Waals surface area contributed by atoms with E-state index in [1.165, 1.54) is 0 Å². The zero-order valence-corrected chi connectivity index (χ0v) is 16.9. The zero-order chi connectivity index (χ0) is 21.6.